The van der Waals surface area contributed by atoms with Gasteiger partial charge in [0.15, 0.2) is 15.5 Å². The van der Waals surface area contributed by atoms with E-state index in [0.717, 1.165) is 29.9 Å². The van der Waals surface area contributed by atoms with Crippen LogP contribution in [-0.2, 0) is 22.8 Å². The molecule has 108 valence electrons. The predicted molar refractivity (Wildman–Crippen MR) is 76.0 cm³/mol. The van der Waals surface area contributed by atoms with Crippen molar-refractivity contribution >= 4 is 15.5 Å². The van der Waals surface area contributed by atoms with Crippen molar-refractivity contribution in [3.8, 4) is 0 Å². The number of hydrogen-bond donors (Lipinski definition) is 1. The molecular weight excluding hydrogens is 276 g/mol. The zero-order valence-electron chi connectivity index (χ0n) is 11.2. The van der Waals surface area contributed by atoms with Gasteiger partial charge in [0, 0.05) is 24.7 Å². The first-order chi connectivity index (χ1) is 9.59. The third-order valence-electron chi connectivity index (χ3n) is 3.83. The van der Waals surface area contributed by atoms with Crippen LogP contribution in [0.1, 0.15) is 24.2 Å². The van der Waals surface area contributed by atoms with Gasteiger partial charge in [0.25, 0.3) is 0 Å². The molecule has 0 spiro atoms. The Morgan fingerprint density at radius 1 is 1.40 bits per heavy atom. The number of rotatable bonds is 3. The lowest BCUT2D eigenvalue weighted by atomic mass is 10.0. The molecule has 1 aliphatic rings. The molecule has 3 heterocycles. The van der Waals surface area contributed by atoms with E-state index < -0.39 is 9.84 Å². The van der Waals surface area contributed by atoms with E-state index in [2.05, 4.69) is 10.2 Å². The largest absolute Gasteiger partial charge is 0.326 e. The summed E-state index contributed by atoms with van der Waals surface area (Å²) in [6.45, 7) is 0.417. The van der Waals surface area contributed by atoms with E-state index in [0.29, 0.717) is 18.7 Å². The third-order valence-corrected chi connectivity index (χ3v) is 5.72. The number of nitrogens with two attached hydrogens (primary N) is 1. The Bertz CT molecular complexity index is 723. The molecule has 1 atom stereocenters. The van der Waals surface area contributed by atoms with Crippen LogP contribution >= 0.6 is 0 Å². The van der Waals surface area contributed by atoms with E-state index in [1.54, 1.807) is 0 Å². The van der Waals surface area contributed by atoms with Crippen LogP contribution in [0.5, 0.6) is 0 Å². The van der Waals surface area contributed by atoms with Gasteiger partial charge in [-0.25, -0.2) is 8.42 Å². The average molecular weight is 294 g/mol. The van der Waals surface area contributed by atoms with E-state index in [-0.39, 0.29) is 11.7 Å². The maximum absolute atomic E-state index is 11.7. The Balaban J connectivity index is 1.88. The van der Waals surface area contributed by atoms with Crippen LogP contribution in [0.3, 0.4) is 0 Å². The van der Waals surface area contributed by atoms with Gasteiger partial charge in [-0.05, 0) is 24.8 Å². The minimum absolute atomic E-state index is 0.141. The van der Waals surface area contributed by atoms with Crippen molar-refractivity contribution in [1.29, 1.82) is 0 Å². The van der Waals surface area contributed by atoms with Crippen molar-refractivity contribution in [1.82, 2.24) is 14.6 Å². The van der Waals surface area contributed by atoms with E-state index in [1.807, 2.05) is 22.7 Å². The molecule has 2 aromatic heterocycles. The van der Waals surface area contributed by atoms with E-state index in [4.69, 9.17) is 5.73 Å². The first kappa shape index (κ1) is 13.5. The number of nitrogens with zero attached hydrogens (tertiary/aromatic N) is 3. The van der Waals surface area contributed by atoms with Crippen molar-refractivity contribution in [2.45, 2.75) is 25.8 Å². The van der Waals surface area contributed by atoms with Gasteiger partial charge in [0.2, 0.25) is 0 Å². The van der Waals surface area contributed by atoms with Gasteiger partial charge < -0.3 is 5.73 Å². The van der Waals surface area contributed by atoms with Crippen LogP contribution in [0.15, 0.2) is 18.3 Å². The molecule has 0 bridgehead atoms. The Kier molecular flexibility index (Phi) is 3.47. The van der Waals surface area contributed by atoms with Crippen LogP contribution in [0, 0.1) is 5.92 Å². The lowest BCUT2D eigenvalue weighted by molar-refractivity contribution is 0.474. The molecule has 0 amide bonds. The molecule has 1 fully saturated rings. The standard InChI is InChI=1S/C13H18N4O2S/c14-8-11-4-1-5-17-12(15-16-13(11)17)7-10-3-2-6-20(18,19)9-10/h1,4-5,10H,2-3,6-9,14H2. The minimum Gasteiger partial charge on any atom is -0.326 e. The summed E-state index contributed by atoms with van der Waals surface area (Å²) in [5, 5.41) is 8.38. The Morgan fingerprint density at radius 3 is 3.00 bits per heavy atom. The van der Waals surface area contributed by atoms with Crippen LogP contribution in [0.4, 0.5) is 0 Å². The molecular formula is C13H18N4O2S. The van der Waals surface area contributed by atoms with Gasteiger partial charge in [-0.3, -0.25) is 4.40 Å². The molecule has 0 saturated carbocycles. The highest BCUT2D eigenvalue weighted by Gasteiger charge is 2.26. The zero-order valence-corrected chi connectivity index (χ0v) is 12.0. The van der Waals surface area contributed by atoms with Crippen molar-refractivity contribution in [3.63, 3.8) is 0 Å². The molecule has 7 heteroatoms. The van der Waals surface area contributed by atoms with Gasteiger partial charge >= 0.3 is 0 Å². The summed E-state index contributed by atoms with van der Waals surface area (Å²) in [5.41, 5.74) is 7.40. The molecule has 6 nitrogen and oxygen atoms in total. The quantitative estimate of drug-likeness (QED) is 0.893. The maximum atomic E-state index is 11.7. The fraction of sp³-hybridized carbons (Fsp3) is 0.538. The molecule has 1 saturated heterocycles. The van der Waals surface area contributed by atoms with Crippen molar-refractivity contribution in [2.24, 2.45) is 11.7 Å². The van der Waals surface area contributed by atoms with Crippen LogP contribution < -0.4 is 5.73 Å². The zero-order chi connectivity index (χ0) is 14.2. The molecule has 0 aromatic carbocycles. The smallest absolute Gasteiger partial charge is 0.165 e. The highest BCUT2D eigenvalue weighted by molar-refractivity contribution is 7.91. The average Bonchev–Trinajstić information content (AvgIpc) is 2.81. The Morgan fingerprint density at radius 2 is 2.25 bits per heavy atom. The Labute approximate surface area is 117 Å². The molecule has 2 N–H and O–H groups in total. The van der Waals surface area contributed by atoms with Crippen molar-refractivity contribution < 1.29 is 8.42 Å². The summed E-state index contributed by atoms with van der Waals surface area (Å²) in [6, 6.07) is 3.85. The third kappa shape index (κ3) is 2.55. The summed E-state index contributed by atoms with van der Waals surface area (Å²) >= 11 is 0. The Hall–Kier alpha value is -1.47. The summed E-state index contributed by atoms with van der Waals surface area (Å²) in [7, 11) is -2.88. The van der Waals surface area contributed by atoms with E-state index in [1.165, 1.54) is 0 Å². The maximum Gasteiger partial charge on any atom is 0.165 e. The fourth-order valence-corrected chi connectivity index (χ4v) is 4.63. The lowest BCUT2D eigenvalue weighted by Crippen LogP contribution is -2.27. The second kappa shape index (κ2) is 5.14. The van der Waals surface area contributed by atoms with Crippen LogP contribution in [0.2, 0.25) is 0 Å². The molecule has 1 aliphatic heterocycles. The number of hydrogen-bond acceptors (Lipinski definition) is 5. The van der Waals surface area contributed by atoms with Gasteiger partial charge in [-0.15, -0.1) is 10.2 Å². The molecule has 2 aromatic rings. The van der Waals surface area contributed by atoms with Gasteiger partial charge in [-0.2, -0.15) is 0 Å². The SMILES string of the molecule is NCc1cccn2c(CC3CCCS(=O)(=O)C3)nnc12. The van der Waals surface area contributed by atoms with Gasteiger partial charge in [0.05, 0.1) is 11.5 Å². The molecule has 0 radical (unpaired) electrons. The topological polar surface area (TPSA) is 90.3 Å². The van der Waals surface area contributed by atoms with E-state index >= 15 is 0 Å². The van der Waals surface area contributed by atoms with E-state index in [9.17, 15) is 8.42 Å². The number of aromatic nitrogens is 3. The predicted octanol–water partition coefficient (Wildman–Crippen LogP) is 0.555. The van der Waals surface area contributed by atoms with Gasteiger partial charge in [0.1, 0.15) is 5.82 Å². The molecule has 3 rings (SSSR count). The molecule has 1 unspecified atom stereocenters. The van der Waals surface area contributed by atoms with Crippen LogP contribution in [0.25, 0.3) is 5.65 Å². The molecule has 20 heavy (non-hydrogen) atoms. The first-order valence-electron chi connectivity index (χ1n) is 6.81. The monoisotopic (exact) mass is 294 g/mol. The summed E-state index contributed by atoms with van der Waals surface area (Å²) in [5.74, 6) is 1.54. The minimum atomic E-state index is -2.88. The fourth-order valence-electron chi connectivity index (χ4n) is 2.85. The summed E-state index contributed by atoms with van der Waals surface area (Å²) in [6.07, 6.45) is 4.23. The summed E-state index contributed by atoms with van der Waals surface area (Å²) < 4.78 is 25.3. The lowest BCUT2D eigenvalue weighted by Gasteiger charge is -2.20. The highest BCUT2D eigenvalue weighted by Crippen LogP contribution is 2.22. The highest BCUT2D eigenvalue weighted by atomic mass is 32.2. The van der Waals surface area contributed by atoms with Gasteiger partial charge in [-0.1, -0.05) is 6.07 Å². The van der Waals surface area contributed by atoms with Crippen molar-refractivity contribution in [2.75, 3.05) is 11.5 Å². The summed E-state index contributed by atoms with van der Waals surface area (Å²) in [4.78, 5) is 0. The first-order valence-corrected chi connectivity index (χ1v) is 8.63. The normalized spacial score (nSPS) is 22.1. The second-order valence-corrected chi connectivity index (χ2v) is 7.60. The van der Waals surface area contributed by atoms with Crippen molar-refractivity contribution in [3.05, 3.63) is 29.7 Å². The molecule has 0 aliphatic carbocycles. The number of sulfone groups is 1. The van der Waals surface area contributed by atoms with Crippen LogP contribution in [-0.4, -0.2) is 34.5 Å². The second-order valence-electron chi connectivity index (χ2n) is 5.37. The number of pyridine rings is 1. The number of fused-ring (bicyclic) bond motifs is 1.